The number of rotatable bonds is 7. The highest BCUT2D eigenvalue weighted by Crippen LogP contribution is 2.23. The highest BCUT2D eigenvalue weighted by Gasteiger charge is 2.17. The van der Waals surface area contributed by atoms with E-state index in [1.165, 1.54) is 26.4 Å². The number of hydrogen-bond acceptors (Lipinski definition) is 4. The Morgan fingerprint density at radius 1 is 1.22 bits per heavy atom. The minimum Gasteiger partial charge on any atom is -0.491 e. The van der Waals surface area contributed by atoms with Crippen molar-refractivity contribution in [3.63, 3.8) is 0 Å². The van der Waals surface area contributed by atoms with E-state index in [1.807, 2.05) is 34.9 Å². The lowest BCUT2D eigenvalue weighted by Crippen LogP contribution is -2.38. The Morgan fingerprint density at radius 3 is 2.67 bits per heavy atom. The van der Waals surface area contributed by atoms with Crippen molar-refractivity contribution < 1.29 is 9.53 Å². The van der Waals surface area contributed by atoms with E-state index in [0.717, 1.165) is 23.4 Å². The summed E-state index contributed by atoms with van der Waals surface area (Å²) < 4.78 is 6.99. The third kappa shape index (κ3) is 5.63. The van der Waals surface area contributed by atoms with Gasteiger partial charge in [-0.2, -0.15) is 0 Å². The van der Waals surface area contributed by atoms with Crippen LogP contribution in [0.2, 0.25) is 0 Å². The number of aromatic nitrogens is 1. The molecule has 1 saturated carbocycles. The van der Waals surface area contributed by atoms with E-state index in [2.05, 4.69) is 5.32 Å². The second-order valence-electron chi connectivity index (χ2n) is 6.83. The molecule has 1 fully saturated rings. The van der Waals surface area contributed by atoms with Crippen LogP contribution in [0, 0.1) is 0 Å². The van der Waals surface area contributed by atoms with E-state index in [9.17, 15) is 9.59 Å². The van der Waals surface area contributed by atoms with Crippen molar-refractivity contribution in [2.75, 3.05) is 7.11 Å². The first-order valence-corrected chi connectivity index (χ1v) is 10.4. The normalized spacial score (nSPS) is 14.7. The maximum Gasteiger partial charge on any atom is 0.240 e. The van der Waals surface area contributed by atoms with Crippen LogP contribution < -0.4 is 15.5 Å². The van der Waals surface area contributed by atoms with Crippen molar-refractivity contribution in [2.24, 2.45) is 0 Å². The summed E-state index contributed by atoms with van der Waals surface area (Å²) in [6.07, 6.45) is 7.35. The molecule has 0 saturated heterocycles. The quantitative estimate of drug-likeness (QED) is 0.739. The number of methoxy groups -OCH3 is 1. The maximum absolute atomic E-state index is 12.5. The van der Waals surface area contributed by atoms with Crippen molar-refractivity contribution >= 4 is 17.7 Å². The highest BCUT2D eigenvalue weighted by molar-refractivity contribution is 7.98. The third-order valence-corrected chi connectivity index (χ3v) is 5.86. The van der Waals surface area contributed by atoms with Crippen LogP contribution in [0.15, 0.2) is 52.3 Å². The number of nitrogens with one attached hydrogen (secondary N) is 1. The van der Waals surface area contributed by atoms with Crippen molar-refractivity contribution in [3.8, 4) is 5.75 Å². The fourth-order valence-corrected chi connectivity index (χ4v) is 4.28. The Balaban J connectivity index is 1.72. The molecule has 0 atom stereocenters. The van der Waals surface area contributed by atoms with Gasteiger partial charge in [0, 0.05) is 28.5 Å². The summed E-state index contributed by atoms with van der Waals surface area (Å²) in [5, 5.41) is 3.13. The van der Waals surface area contributed by atoms with Crippen LogP contribution in [0.4, 0.5) is 0 Å². The van der Waals surface area contributed by atoms with Gasteiger partial charge in [0.2, 0.25) is 11.3 Å². The van der Waals surface area contributed by atoms with Gasteiger partial charge in [-0.05, 0) is 25.0 Å². The molecule has 0 aliphatic heterocycles. The maximum atomic E-state index is 12.5. The Hall–Kier alpha value is -2.21. The second-order valence-corrected chi connectivity index (χ2v) is 7.88. The summed E-state index contributed by atoms with van der Waals surface area (Å²) in [4.78, 5) is 25.8. The fraction of sp³-hybridized carbons (Fsp3) is 0.429. The van der Waals surface area contributed by atoms with E-state index in [-0.39, 0.29) is 29.7 Å². The molecule has 1 amide bonds. The lowest BCUT2D eigenvalue weighted by Gasteiger charge is -2.23. The van der Waals surface area contributed by atoms with Crippen molar-refractivity contribution in [3.05, 3.63) is 58.5 Å². The summed E-state index contributed by atoms with van der Waals surface area (Å²) in [7, 11) is 1.47. The van der Waals surface area contributed by atoms with Crippen LogP contribution in [0.1, 0.15) is 37.8 Å². The summed E-state index contributed by atoms with van der Waals surface area (Å²) in [6, 6.07) is 11.9. The lowest BCUT2D eigenvalue weighted by molar-refractivity contribution is -0.122. The SMILES string of the molecule is COc1cn(CC(=O)NC2CCCCC2)c(CSc2ccccc2)cc1=O. The predicted molar refractivity (Wildman–Crippen MR) is 108 cm³/mol. The van der Waals surface area contributed by atoms with Gasteiger partial charge >= 0.3 is 0 Å². The predicted octanol–water partition coefficient (Wildman–Crippen LogP) is 3.60. The summed E-state index contributed by atoms with van der Waals surface area (Å²) >= 11 is 1.64. The van der Waals surface area contributed by atoms with Crippen molar-refractivity contribution in [1.29, 1.82) is 0 Å². The van der Waals surface area contributed by atoms with Crippen LogP contribution in [0.3, 0.4) is 0 Å². The van der Waals surface area contributed by atoms with Crippen LogP contribution >= 0.6 is 11.8 Å². The molecule has 0 unspecified atom stereocenters. The molecule has 0 bridgehead atoms. The molecule has 6 heteroatoms. The molecular formula is C21H26N2O3S. The fourth-order valence-electron chi connectivity index (χ4n) is 3.37. The van der Waals surface area contributed by atoms with Crippen LogP contribution in [0.5, 0.6) is 5.75 Å². The van der Waals surface area contributed by atoms with Crippen LogP contribution in [-0.2, 0) is 17.1 Å². The van der Waals surface area contributed by atoms with Gasteiger partial charge in [0.25, 0.3) is 0 Å². The zero-order valence-corrected chi connectivity index (χ0v) is 16.5. The molecule has 1 aliphatic rings. The Morgan fingerprint density at radius 2 is 1.96 bits per heavy atom. The standard InChI is InChI=1S/C21H26N2O3S/c1-26-20-13-23(14-21(25)22-16-8-4-2-5-9-16)17(12-19(20)24)15-27-18-10-6-3-7-11-18/h3,6-7,10-13,16H,2,4-5,8-9,14-15H2,1H3,(H,22,25). The zero-order valence-electron chi connectivity index (χ0n) is 15.6. The molecule has 27 heavy (non-hydrogen) atoms. The largest absolute Gasteiger partial charge is 0.491 e. The molecule has 1 N–H and O–H groups in total. The molecular weight excluding hydrogens is 360 g/mol. The summed E-state index contributed by atoms with van der Waals surface area (Å²) in [5.41, 5.74) is 0.651. The molecule has 144 valence electrons. The molecule has 1 heterocycles. The molecule has 3 rings (SSSR count). The van der Waals surface area contributed by atoms with Gasteiger partial charge in [-0.15, -0.1) is 11.8 Å². The first-order valence-electron chi connectivity index (χ1n) is 9.40. The average Bonchev–Trinajstić information content (AvgIpc) is 2.69. The van der Waals surface area contributed by atoms with Gasteiger partial charge in [0.1, 0.15) is 6.54 Å². The van der Waals surface area contributed by atoms with Crippen molar-refractivity contribution in [2.45, 2.75) is 55.3 Å². The number of thioether (sulfide) groups is 1. The molecule has 1 aliphatic carbocycles. The van der Waals surface area contributed by atoms with E-state index < -0.39 is 0 Å². The Bertz CT molecular complexity index is 814. The number of nitrogens with zero attached hydrogens (tertiary/aromatic N) is 1. The van der Waals surface area contributed by atoms with Gasteiger partial charge in [0.15, 0.2) is 5.75 Å². The van der Waals surface area contributed by atoms with Crippen LogP contribution in [-0.4, -0.2) is 23.6 Å². The molecule has 1 aromatic heterocycles. The van der Waals surface area contributed by atoms with E-state index in [0.29, 0.717) is 5.75 Å². The first kappa shape index (κ1) is 19.5. The van der Waals surface area contributed by atoms with Gasteiger partial charge < -0.3 is 14.6 Å². The first-order chi connectivity index (χ1) is 13.2. The van der Waals surface area contributed by atoms with Gasteiger partial charge in [0.05, 0.1) is 13.3 Å². The topological polar surface area (TPSA) is 60.3 Å². The van der Waals surface area contributed by atoms with Gasteiger partial charge in [-0.3, -0.25) is 9.59 Å². The average molecular weight is 387 g/mol. The zero-order chi connectivity index (χ0) is 19.1. The molecule has 0 radical (unpaired) electrons. The molecule has 1 aromatic carbocycles. The second kappa shape index (κ2) is 9.65. The van der Waals surface area contributed by atoms with Crippen molar-refractivity contribution in [1.82, 2.24) is 9.88 Å². The number of benzene rings is 1. The number of pyridine rings is 1. The number of carbonyl (C=O) groups is 1. The molecule has 0 spiro atoms. The number of ether oxygens (including phenoxy) is 1. The van der Waals surface area contributed by atoms with E-state index in [1.54, 1.807) is 24.0 Å². The van der Waals surface area contributed by atoms with Gasteiger partial charge in [-0.25, -0.2) is 0 Å². The summed E-state index contributed by atoms with van der Waals surface area (Å²) in [6.45, 7) is 0.192. The molecule has 5 nitrogen and oxygen atoms in total. The lowest BCUT2D eigenvalue weighted by atomic mass is 9.95. The summed E-state index contributed by atoms with van der Waals surface area (Å²) in [5.74, 6) is 0.854. The smallest absolute Gasteiger partial charge is 0.240 e. The minimum atomic E-state index is -0.162. The highest BCUT2D eigenvalue weighted by atomic mass is 32.2. The minimum absolute atomic E-state index is 0.0152. The number of amides is 1. The third-order valence-electron chi connectivity index (χ3n) is 4.82. The number of carbonyl (C=O) groups excluding carboxylic acids is 1. The number of hydrogen-bond donors (Lipinski definition) is 1. The Kier molecular flexibility index (Phi) is 6.98. The van der Waals surface area contributed by atoms with E-state index >= 15 is 0 Å². The molecule has 2 aromatic rings. The van der Waals surface area contributed by atoms with Gasteiger partial charge in [-0.1, -0.05) is 37.5 Å². The monoisotopic (exact) mass is 386 g/mol. The van der Waals surface area contributed by atoms with E-state index in [4.69, 9.17) is 4.74 Å². The van der Waals surface area contributed by atoms with Crippen LogP contribution in [0.25, 0.3) is 0 Å². The Labute approximate surface area is 164 Å².